The van der Waals surface area contributed by atoms with Crippen molar-refractivity contribution in [1.82, 2.24) is 19.6 Å². The normalized spacial score (nSPS) is 16.1. The highest BCUT2D eigenvalue weighted by Gasteiger charge is 2.30. The van der Waals surface area contributed by atoms with Gasteiger partial charge in [0.05, 0.1) is 25.5 Å². The van der Waals surface area contributed by atoms with Gasteiger partial charge in [-0.1, -0.05) is 31.2 Å². The number of nitrogens with zero attached hydrogens (tertiary/aromatic N) is 4. The number of rotatable bonds is 7. The smallest absolute Gasteiger partial charge is 0.253 e. The first-order chi connectivity index (χ1) is 14.1. The molecule has 2 aromatic heterocycles. The van der Waals surface area contributed by atoms with Crippen LogP contribution in [0.1, 0.15) is 53.7 Å². The Bertz CT molecular complexity index is 1050. The van der Waals surface area contributed by atoms with Gasteiger partial charge in [-0.3, -0.25) is 4.79 Å². The molecule has 4 rings (SSSR count). The van der Waals surface area contributed by atoms with Gasteiger partial charge in [0.25, 0.3) is 5.78 Å². The molecule has 0 aliphatic heterocycles. The molecule has 1 aromatic carbocycles. The molecule has 0 spiro atoms. The predicted molar refractivity (Wildman–Crippen MR) is 111 cm³/mol. The highest BCUT2D eigenvalue weighted by Crippen LogP contribution is 2.38. The van der Waals surface area contributed by atoms with Crippen LogP contribution in [0, 0.1) is 0 Å². The van der Waals surface area contributed by atoms with E-state index < -0.39 is 0 Å². The molecule has 1 aliphatic carbocycles. The molecule has 8 heteroatoms. The van der Waals surface area contributed by atoms with Gasteiger partial charge in [0, 0.05) is 30.4 Å². The van der Waals surface area contributed by atoms with Gasteiger partial charge >= 0.3 is 0 Å². The van der Waals surface area contributed by atoms with E-state index in [0.29, 0.717) is 29.3 Å². The van der Waals surface area contributed by atoms with Crippen molar-refractivity contribution in [3.05, 3.63) is 41.2 Å². The Morgan fingerprint density at radius 2 is 2.07 bits per heavy atom. The van der Waals surface area contributed by atoms with Crippen LogP contribution in [-0.4, -0.2) is 45.3 Å². The van der Waals surface area contributed by atoms with Crippen molar-refractivity contribution in [2.24, 2.45) is 0 Å². The lowest BCUT2D eigenvalue weighted by Gasteiger charge is -2.24. The summed E-state index contributed by atoms with van der Waals surface area (Å²) in [5.41, 5.74) is 2.40. The third-order valence-corrected chi connectivity index (χ3v) is 6.10. The number of unbranched alkanes of at least 4 members (excludes halogenated alkanes) is 1. The van der Waals surface area contributed by atoms with Crippen molar-refractivity contribution in [2.45, 2.75) is 43.7 Å². The molecule has 152 valence electrons. The van der Waals surface area contributed by atoms with E-state index in [0.717, 1.165) is 41.4 Å². The number of carbonyl (C=O) groups excluding carboxylic acids is 1. The quantitative estimate of drug-likeness (QED) is 0.429. The first-order valence-corrected chi connectivity index (χ1v) is 10.8. The van der Waals surface area contributed by atoms with Crippen LogP contribution in [-0.2, 0) is 6.42 Å². The lowest BCUT2D eigenvalue weighted by molar-refractivity contribution is 0.0962. The zero-order valence-corrected chi connectivity index (χ0v) is 17.7. The van der Waals surface area contributed by atoms with Gasteiger partial charge in [0.2, 0.25) is 5.16 Å². The molecule has 0 saturated carbocycles. The second kappa shape index (κ2) is 8.41. The van der Waals surface area contributed by atoms with E-state index in [2.05, 4.69) is 22.0 Å². The summed E-state index contributed by atoms with van der Waals surface area (Å²) in [6, 6.07) is 5.72. The van der Waals surface area contributed by atoms with Gasteiger partial charge < -0.3 is 9.47 Å². The molecule has 3 aromatic rings. The predicted octanol–water partition coefficient (Wildman–Crippen LogP) is 3.95. The standard InChI is InChI=1S/C21H24N4O3S/c1-4-5-8-29-21-23-20-22-17-9-13(10-18(26)16(17)12-25(20)24-21)15-7-6-14(27-2)11-19(15)28-3/h6-7,11-13H,4-5,8-10H2,1-3H3/t13-/m0/s1. The number of thioether (sulfide) groups is 1. The van der Waals surface area contributed by atoms with Crippen molar-refractivity contribution in [3.63, 3.8) is 0 Å². The average molecular weight is 413 g/mol. The van der Waals surface area contributed by atoms with Gasteiger partial charge in [0.15, 0.2) is 5.78 Å². The summed E-state index contributed by atoms with van der Waals surface area (Å²) < 4.78 is 12.5. The van der Waals surface area contributed by atoms with Crippen molar-refractivity contribution in [1.29, 1.82) is 0 Å². The van der Waals surface area contributed by atoms with E-state index in [1.54, 1.807) is 36.7 Å². The van der Waals surface area contributed by atoms with Gasteiger partial charge in [-0.25, -0.2) is 9.50 Å². The van der Waals surface area contributed by atoms with E-state index >= 15 is 0 Å². The second-order valence-corrected chi connectivity index (χ2v) is 8.14. The number of ether oxygens (including phenoxy) is 2. The van der Waals surface area contributed by atoms with Gasteiger partial charge in [-0.2, -0.15) is 4.98 Å². The number of ketones is 1. The number of Topliss-reactive ketones (excluding diaryl/α,β-unsaturated/α-hetero) is 1. The molecule has 0 fully saturated rings. The maximum Gasteiger partial charge on any atom is 0.253 e. The van der Waals surface area contributed by atoms with E-state index in [1.165, 1.54) is 0 Å². The van der Waals surface area contributed by atoms with Crippen molar-refractivity contribution in [2.75, 3.05) is 20.0 Å². The molecular weight excluding hydrogens is 388 g/mol. The summed E-state index contributed by atoms with van der Waals surface area (Å²) in [5.74, 6) is 3.04. The molecule has 0 amide bonds. The second-order valence-electron chi connectivity index (χ2n) is 7.08. The van der Waals surface area contributed by atoms with E-state index in [4.69, 9.17) is 9.47 Å². The zero-order chi connectivity index (χ0) is 20.4. The molecule has 0 saturated heterocycles. The average Bonchev–Trinajstić information content (AvgIpc) is 3.13. The van der Waals surface area contributed by atoms with Crippen molar-refractivity contribution >= 4 is 23.3 Å². The lowest BCUT2D eigenvalue weighted by Crippen LogP contribution is -2.21. The number of aromatic nitrogens is 4. The largest absolute Gasteiger partial charge is 0.497 e. The SMILES string of the molecule is CCCCSc1nc2nc3c(cn2n1)C(=O)C[C@@H](c1ccc(OC)cc1OC)C3. The topological polar surface area (TPSA) is 78.6 Å². The van der Waals surface area contributed by atoms with Crippen LogP contribution in [0.25, 0.3) is 5.78 Å². The fourth-order valence-corrected chi connectivity index (χ4v) is 4.52. The molecule has 0 radical (unpaired) electrons. The Morgan fingerprint density at radius 1 is 1.21 bits per heavy atom. The maximum absolute atomic E-state index is 12.9. The van der Waals surface area contributed by atoms with Crippen LogP contribution < -0.4 is 9.47 Å². The molecule has 2 heterocycles. The molecule has 0 bridgehead atoms. The first-order valence-electron chi connectivity index (χ1n) is 9.77. The highest BCUT2D eigenvalue weighted by atomic mass is 32.2. The van der Waals surface area contributed by atoms with Crippen LogP contribution in [0.5, 0.6) is 11.5 Å². The highest BCUT2D eigenvalue weighted by molar-refractivity contribution is 7.99. The third-order valence-electron chi connectivity index (χ3n) is 5.17. The minimum Gasteiger partial charge on any atom is -0.497 e. The Morgan fingerprint density at radius 3 is 2.83 bits per heavy atom. The van der Waals surface area contributed by atoms with Crippen LogP contribution in [0.4, 0.5) is 0 Å². The van der Waals surface area contributed by atoms with Crippen molar-refractivity contribution in [3.8, 4) is 11.5 Å². The van der Waals surface area contributed by atoms with Crippen LogP contribution in [0.15, 0.2) is 29.6 Å². The monoisotopic (exact) mass is 412 g/mol. The number of fused-ring (bicyclic) bond motifs is 2. The number of benzene rings is 1. The fourth-order valence-electron chi connectivity index (χ4n) is 3.61. The molecule has 1 aliphatic rings. The van der Waals surface area contributed by atoms with Crippen LogP contribution >= 0.6 is 11.8 Å². The maximum atomic E-state index is 12.9. The summed E-state index contributed by atoms with van der Waals surface area (Å²) in [6.45, 7) is 2.16. The Hall–Kier alpha value is -2.61. The summed E-state index contributed by atoms with van der Waals surface area (Å²) in [7, 11) is 3.25. The van der Waals surface area contributed by atoms with Crippen LogP contribution in [0.3, 0.4) is 0 Å². The van der Waals surface area contributed by atoms with Crippen molar-refractivity contribution < 1.29 is 14.3 Å². The summed E-state index contributed by atoms with van der Waals surface area (Å²) in [4.78, 5) is 22.1. The number of hydrogen-bond donors (Lipinski definition) is 0. The first kappa shape index (κ1) is 19.7. The summed E-state index contributed by atoms with van der Waals surface area (Å²) in [5, 5.41) is 5.17. The molecule has 0 N–H and O–H groups in total. The number of hydrogen-bond acceptors (Lipinski definition) is 7. The third kappa shape index (κ3) is 3.94. The Labute approximate surface area is 173 Å². The van der Waals surface area contributed by atoms with Crippen LogP contribution in [0.2, 0.25) is 0 Å². The molecular formula is C21H24N4O3S. The fraction of sp³-hybridized carbons (Fsp3) is 0.429. The summed E-state index contributed by atoms with van der Waals surface area (Å²) >= 11 is 1.62. The molecule has 0 unspecified atom stereocenters. The van der Waals surface area contributed by atoms with E-state index in [-0.39, 0.29) is 11.7 Å². The number of carbonyl (C=O) groups is 1. The van der Waals surface area contributed by atoms with E-state index in [1.807, 2.05) is 18.2 Å². The minimum atomic E-state index is 0.00660. The van der Waals surface area contributed by atoms with Gasteiger partial charge in [-0.15, -0.1) is 5.10 Å². The summed E-state index contributed by atoms with van der Waals surface area (Å²) in [6.07, 6.45) is 5.10. The van der Waals surface area contributed by atoms with Gasteiger partial charge in [-0.05, 0) is 24.5 Å². The minimum absolute atomic E-state index is 0.00660. The molecule has 7 nitrogen and oxygen atoms in total. The Kier molecular flexibility index (Phi) is 5.71. The zero-order valence-electron chi connectivity index (χ0n) is 16.8. The lowest BCUT2D eigenvalue weighted by atomic mass is 9.82. The Balaban J connectivity index is 1.64. The number of methoxy groups -OCH3 is 2. The van der Waals surface area contributed by atoms with Gasteiger partial charge in [0.1, 0.15) is 11.5 Å². The van der Waals surface area contributed by atoms with E-state index in [9.17, 15) is 4.79 Å². The molecule has 29 heavy (non-hydrogen) atoms. The molecule has 1 atom stereocenters.